The number of aromatic hydroxyl groups is 1. The Morgan fingerprint density at radius 3 is 2.81 bits per heavy atom. The highest BCUT2D eigenvalue weighted by atomic mass is 16.3. The van der Waals surface area contributed by atoms with E-state index in [1.807, 2.05) is 0 Å². The molecular formula is C13H17NO2. The number of nitrogens with one attached hydrogen (secondary N) is 1. The van der Waals surface area contributed by atoms with Gasteiger partial charge in [0.25, 0.3) is 0 Å². The van der Waals surface area contributed by atoms with E-state index >= 15 is 0 Å². The van der Waals surface area contributed by atoms with Crippen molar-refractivity contribution < 1.29 is 9.90 Å². The van der Waals surface area contributed by atoms with Gasteiger partial charge in [-0.1, -0.05) is 12.1 Å². The topological polar surface area (TPSA) is 49.3 Å². The molecule has 1 aliphatic heterocycles. The van der Waals surface area contributed by atoms with Gasteiger partial charge in [-0.2, -0.15) is 0 Å². The van der Waals surface area contributed by atoms with Crippen molar-refractivity contribution in [3.8, 4) is 5.75 Å². The number of carbonyl (C=O) groups is 1. The monoisotopic (exact) mass is 219 g/mol. The lowest BCUT2D eigenvalue weighted by atomic mass is 9.90. The molecule has 0 bridgehead atoms. The third-order valence-corrected chi connectivity index (χ3v) is 3.10. The first-order chi connectivity index (χ1) is 7.75. The fraction of sp³-hybridized carbons (Fsp3) is 0.462. The smallest absolute Gasteiger partial charge is 0.163 e. The standard InChI is InChI=1S/C13H17NO2/c15-12-3-1-2-11(9-12)13(16)8-10-4-6-14-7-5-10/h1-3,9-10,14-15H,4-8H2. The first kappa shape index (κ1) is 11.1. The third-order valence-electron chi connectivity index (χ3n) is 3.10. The molecule has 2 N–H and O–H groups in total. The minimum atomic E-state index is 0.141. The van der Waals surface area contributed by atoms with Crippen LogP contribution in [0.25, 0.3) is 0 Å². The maximum Gasteiger partial charge on any atom is 0.163 e. The molecule has 1 aliphatic rings. The van der Waals surface area contributed by atoms with Crippen LogP contribution in [0.5, 0.6) is 5.75 Å². The van der Waals surface area contributed by atoms with Crippen LogP contribution in [0.2, 0.25) is 0 Å². The van der Waals surface area contributed by atoms with Crippen molar-refractivity contribution in [1.29, 1.82) is 0 Å². The predicted molar refractivity (Wildman–Crippen MR) is 62.6 cm³/mol. The lowest BCUT2D eigenvalue weighted by Crippen LogP contribution is -2.28. The summed E-state index contributed by atoms with van der Waals surface area (Å²) < 4.78 is 0. The van der Waals surface area contributed by atoms with Crippen molar-refractivity contribution in [3.63, 3.8) is 0 Å². The highest BCUT2D eigenvalue weighted by molar-refractivity contribution is 5.96. The molecule has 1 aromatic carbocycles. The fourth-order valence-electron chi connectivity index (χ4n) is 2.15. The van der Waals surface area contributed by atoms with Crippen molar-refractivity contribution in [3.05, 3.63) is 29.8 Å². The fourth-order valence-corrected chi connectivity index (χ4v) is 2.15. The van der Waals surface area contributed by atoms with Crippen LogP contribution in [0.15, 0.2) is 24.3 Å². The molecule has 0 radical (unpaired) electrons. The summed E-state index contributed by atoms with van der Waals surface area (Å²) in [5.74, 6) is 0.801. The Bertz CT molecular complexity index is 370. The molecule has 0 amide bonds. The Labute approximate surface area is 95.5 Å². The van der Waals surface area contributed by atoms with Crippen molar-refractivity contribution >= 4 is 5.78 Å². The average Bonchev–Trinajstić information content (AvgIpc) is 2.30. The Hall–Kier alpha value is -1.35. The summed E-state index contributed by atoms with van der Waals surface area (Å²) in [4.78, 5) is 11.9. The maximum absolute atomic E-state index is 11.9. The van der Waals surface area contributed by atoms with E-state index in [0.717, 1.165) is 25.9 Å². The van der Waals surface area contributed by atoms with E-state index in [4.69, 9.17) is 0 Å². The van der Waals surface area contributed by atoms with Crippen molar-refractivity contribution in [1.82, 2.24) is 5.32 Å². The molecule has 0 aromatic heterocycles. The second-order valence-electron chi connectivity index (χ2n) is 4.37. The second kappa shape index (κ2) is 5.12. The van der Waals surface area contributed by atoms with E-state index in [1.54, 1.807) is 24.3 Å². The molecule has 1 saturated heterocycles. The summed E-state index contributed by atoms with van der Waals surface area (Å²) in [6, 6.07) is 6.61. The maximum atomic E-state index is 11.9. The van der Waals surface area contributed by atoms with Crippen LogP contribution in [0.1, 0.15) is 29.6 Å². The summed E-state index contributed by atoms with van der Waals surface area (Å²) in [5, 5.41) is 12.6. The van der Waals surface area contributed by atoms with Crippen molar-refractivity contribution in [2.24, 2.45) is 5.92 Å². The van der Waals surface area contributed by atoms with Gasteiger partial charge in [0.2, 0.25) is 0 Å². The van der Waals surface area contributed by atoms with E-state index in [2.05, 4.69) is 5.32 Å². The minimum Gasteiger partial charge on any atom is -0.508 e. The quantitative estimate of drug-likeness (QED) is 0.764. The number of ketones is 1. The van der Waals surface area contributed by atoms with Gasteiger partial charge in [-0.15, -0.1) is 0 Å². The average molecular weight is 219 g/mol. The van der Waals surface area contributed by atoms with E-state index in [-0.39, 0.29) is 11.5 Å². The Morgan fingerprint density at radius 2 is 2.12 bits per heavy atom. The molecule has 1 aromatic rings. The molecule has 1 fully saturated rings. The first-order valence-electron chi connectivity index (χ1n) is 5.78. The van der Waals surface area contributed by atoms with E-state index in [1.165, 1.54) is 0 Å². The Balaban J connectivity index is 1.97. The summed E-state index contributed by atoms with van der Waals surface area (Å²) >= 11 is 0. The van der Waals surface area contributed by atoms with Crippen molar-refractivity contribution in [2.75, 3.05) is 13.1 Å². The molecule has 1 heterocycles. The van der Waals surface area contributed by atoms with Crippen molar-refractivity contribution in [2.45, 2.75) is 19.3 Å². The van der Waals surface area contributed by atoms with Gasteiger partial charge >= 0.3 is 0 Å². The summed E-state index contributed by atoms with van der Waals surface area (Å²) in [6.45, 7) is 2.02. The largest absolute Gasteiger partial charge is 0.508 e. The number of hydrogen-bond donors (Lipinski definition) is 2. The normalized spacial score (nSPS) is 17.2. The predicted octanol–water partition coefficient (Wildman–Crippen LogP) is 1.96. The molecular weight excluding hydrogens is 202 g/mol. The number of carbonyl (C=O) groups excluding carboxylic acids is 1. The number of Topliss-reactive ketones (excluding diaryl/α,β-unsaturated/α-hetero) is 1. The molecule has 0 spiro atoms. The van der Waals surface area contributed by atoms with Crippen LogP contribution in [0.3, 0.4) is 0 Å². The zero-order valence-corrected chi connectivity index (χ0v) is 9.28. The number of piperidine rings is 1. The second-order valence-corrected chi connectivity index (χ2v) is 4.37. The van der Waals surface area contributed by atoms with E-state index in [0.29, 0.717) is 17.9 Å². The van der Waals surface area contributed by atoms with Crippen LogP contribution < -0.4 is 5.32 Å². The van der Waals surface area contributed by atoms with Gasteiger partial charge in [-0.25, -0.2) is 0 Å². The number of phenolic OH excluding ortho intramolecular Hbond substituents is 1. The summed E-state index contributed by atoms with van der Waals surface area (Å²) in [6.07, 6.45) is 2.75. The van der Waals surface area contributed by atoms with E-state index < -0.39 is 0 Å². The van der Waals surface area contributed by atoms with Gasteiger partial charge in [-0.05, 0) is 44.0 Å². The van der Waals surface area contributed by atoms with Gasteiger partial charge in [-0.3, -0.25) is 4.79 Å². The van der Waals surface area contributed by atoms with Gasteiger partial charge in [0.05, 0.1) is 0 Å². The number of phenols is 1. The number of rotatable bonds is 3. The lowest BCUT2D eigenvalue weighted by molar-refractivity contribution is 0.0952. The van der Waals surface area contributed by atoms with Crippen LogP contribution in [-0.2, 0) is 0 Å². The Kier molecular flexibility index (Phi) is 3.57. The van der Waals surface area contributed by atoms with Crippen LogP contribution >= 0.6 is 0 Å². The van der Waals surface area contributed by atoms with Crippen LogP contribution in [0.4, 0.5) is 0 Å². The van der Waals surface area contributed by atoms with Crippen LogP contribution in [0, 0.1) is 5.92 Å². The zero-order valence-electron chi connectivity index (χ0n) is 9.28. The molecule has 0 aliphatic carbocycles. The molecule has 3 nitrogen and oxygen atoms in total. The van der Waals surface area contributed by atoms with Crippen LogP contribution in [-0.4, -0.2) is 24.0 Å². The highest BCUT2D eigenvalue weighted by Crippen LogP contribution is 2.20. The number of hydrogen-bond acceptors (Lipinski definition) is 3. The van der Waals surface area contributed by atoms with Gasteiger partial charge in [0.1, 0.15) is 5.75 Å². The minimum absolute atomic E-state index is 0.141. The molecule has 86 valence electrons. The van der Waals surface area contributed by atoms with Gasteiger partial charge in [0, 0.05) is 12.0 Å². The molecule has 0 atom stereocenters. The Morgan fingerprint density at radius 1 is 1.38 bits per heavy atom. The number of benzene rings is 1. The van der Waals surface area contributed by atoms with E-state index in [9.17, 15) is 9.90 Å². The molecule has 3 heteroatoms. The first-order valence-corrected chi connectivity index (χ1v) is 5.78. The van der Waals surface area contributed by atoms with Gasteiger partial charge in [0.15, 0.2) is 5.78 Å². The van der Waals surface area contributed by atoms with Gasteiger partial charge < -0.3 is 10.4 Å². The summed E-state index contributed by atoms with van der Waals surface area (Å²) in [5.41, 5.74) is 0.624. The lowest BCUT2D eigenvalue weighted by Gasteiger charge is -2.21. The SMILES string of the molecule is O=C(CC1CCNCC1)c1cccc(O)c1. The zero-order chi connectivity index (χ0) is 11.4. The summed E-state index contributed by atoms with van der Waals surface area (Å²) in [7, 11) is 0. The third kappa shape index (κ3) is 2.83. The molecule has 0 unspecified atom stereocenters. The highest BCUT2D eigenvalue weighted by Gasteiger charge is 2.17. The molecule has 16 heavy (non-hydrogen) atoms. The molecule has 0 saturated carbocycles. The molecule has 2 rings (SSSR count).